The minimum atomic E-state index is -3.14. The molecule has 0 radical (unpaired) electrons. The van der Waals surface area contributed by atoms with Gasteiger partial charge < -0.3 is 0 Å². The predicted octanol–water partition coefficient (Wildman–Crippen LogP) is 6.15. The van der Waals surface area contributed by atoms with E-state index in [0.29, 0.717) is 0 Å². The van der Waals surface area contributed by atoms with Crippen molar-refractivity contribution in [2.75, 3.05) is 0 Å². The van der Waals surface area contributed by atoms with Gasteiger partial charge in [-0.1, -0.05) is 297 Å². The van der Waals surface area contributed by atoms with Gasteiger partial charge in [0.05, 0.1) is 7.11 Å². The Hall–Kier alpha value is -5.16. The van der Waals surface area contributed by atoms with Crippen LogP contribution in [0, 0.1) is 0 Å². The van der Waals surface area contributed by atoms with Gasteiger partial charge in [-0.05, 0) is 0 Å². The van der Waals surface area contributed by atoms with Crippen molar-refractivity contribution in [3.8, 4) is 0 Å². The Balaban J connectivity index is 1.75. The summed E-state index contributed by atoms with van der Waals surface area (Å²) in [7, 11) is -14.9. The standard InChI is InChI=1S/C50H46Si5/c1-51(2)52(43-27-11-3-12-28-43,44-29-13-4-14-30-44)54(47-35-19-7-20-36-47,48-37-21-8-22-38-48)55(49-39-23-9-24-40-49,50-41-25-10-26-42-50)53(51,45-31-15-5-16-32-45)46-33-17-6-18-34-46/h3-42H,1-2H3. The van der Waals surface area contributed by atoms with Crippen molar-refractivity contribution in [2.45, 2.75) is 13.1 Å². The third kappa shape index (κ3) is 4.65. The summed E-state index contributed by atoms with van der Waals surface area (Å²) in [6.45, 7) is 5.83. The van der Waals surface area contributed by atoms with Crippen LogP contribution in [0.4, 0.5) is 0 Å². The maximum absolute atomic E-state index is 3.14. The molecule has 8 aromatic carbocycles. The van der Waals surface area contributed by atoms with Gasteiger partial charge in [-0.3, -0.25) is 0 Å². The predicted molar refractivity (Wildman–Crippen MR) is 249 cm³/mol. The highest BCUT2D eigenvalue weighted by Crippen LogP contribution is 2.50. The number of rotatable bonds is 8. The molecule has 1 aliphatic rings. The zero-order valence-corrected chi connectivity index (χ0v) is 36.6. The first-order valence-electron chi connectivity index (χ1n) is 19.5. The van der Waals surface area contributed by atoms with Gasteiger partial charge in [0.15, 0.2) is 0 Å². The van der Waals surface area contributed by atoms with Crippen molar-refractivity contribution < 1.29 is 0 Å². The van der Waals surface area contributed by atoms with Crippen LogP contribution in [0.25, 0.3) is 0 Å². The van der Waals surface area contributed by atoms with Crippen LogP contribution in [-0.2, 0) is 0 Å². The topological polar surface area (TPSA) is 0 Å². The van der Waals surface area contributed by atoms with E-state index in [9.17, 15) is 0 Å². The number of hydrogen-bond acceptors (Lipinski definition) is 0. The summed E-state index contributed by atoms with van der Waals surface area (Å²) in [6, 6.07) is 97.0. The average molecular weight is 787 g/mol. The Morgan fingerprint density at radius 1 is 0.182 bits per heavy atom. The average Bonchev–Trinajstić information content (AvgIpc) is 3.43. The second kappa shape index (κ2) is 14.2. The van der Waals surface area contributed by atoms with E-state index in [1.165, 1.54) is 0 Å². The molecular formula is C50H46Si5. The first kappa shape index (κ1) is 35.5. The number of benzene rings is 8. The third-order valence-electron chi connectivity index (χ3n) is 13.2. The molecule has 266 valence electrons. The summed E-state index contributed by atoms with van der Waals surface area (Å²) < 4.78 is 0. The lowest BCUT2D eigenvalue weighted by Crippen LogP contribution is -3.00. The van der Waals surface area contributed by atoms with Crippen LogP contribution in [0.15, 0.2) is 243 Å². The summed E-state index contributed by atoms with van der Waals surface area (Å²) in [4.78, 5) is 0. The fraction of sp³-hybridized carbons (Fsp3) is 0.0400. The van der Waals surface area contributed by atoms with Gasteiger partial charge in [0, 0.05) is 0 Å². The molecule has 0 aliphatic carbocycles. The zero-order valence-electron chi connectivity index (χ0n) is 31.6. The van der Waals surface area contributed by atoms with E-state index in [1.54, 1.807) is 41.5 Å². The van der Waals surface area contributed by atoms with E-state index < -0.39 is 35.5 Å². The molecule has 0 spiro atoms. The Kier molecular flexibility index (Phi) is 9.15. The molecule has 1 aliphatic heterocycles. The molecule has 9 rings (SSSR count). The molecule has 1 fully saturated rings. The second-order valence-electron chi connectivity index (χ2n) is 15.6. The third-order valence-corrected chi connectivity index (χ3v) is 115. The lowest BCUT2D eigenvalue weighted by molar-refractivity contribution is 1.70. The molecule has 0 atom stereocenters. The summed E-state index contributed by atoms with van der Waals surface area (Å²) in [6.07, 6.45) is 0. The molecule has 0 N–H and O–H groups in total. The summed E-state index contributed by atoms with van der Waals surface area (Å²) in [5, 5.41) is 12.8. The van der Waals surface area contributed by atoms with Gasteiger partial charge in [-0.25, -0.2) is 0 Å². The zero-order chi connectivity index (χ0) is 37.4. The maximum atomic E-state index is 2.92. The van der Waals surface area contributed by atoms with Gasteiger partial charge in [0.2, 0.25) is 0 Å². The normalized spacial score (nSPS) is 17.3. The molecule has 1 saturated heterocycles. The van der Waals surface area contributed by atoms with Crippen molar-refractivity contribution in [3.05, 3.63) is 243 Å². The quantitative estimate of drug-likeness (QED) is 0.162. The van der Waals surface area contributed by atoms with Crippen molar-refractivity contribution in [3.63, 3.8) is 0 Å². The Labute approximate surface area is 330 Å². The minimum Gasteiger partial charge on any atom is -0.0723 e. The van der Waals surface area contributed by atoms with Gasteiger partial charge in [0.1, 0.15) is 28.4 Å². The van der Waals surface area contributed by atoms with E-state index in [4.69, 9.17) is 0 Å². The van der Waals surface area contributed by atoms with Crippen molar-refractivity contribution in [1.29, 1.82) is 0 Å². The summed E-state index contributed by atoms with van der Waals surface area (Å²) in [5.41, 5.74) is 0. The Morgan fingerprint density at radius 2 is 0.309 bits per heavy atom. The number of hydrogen-bond donors (Lipinski definition) is 0. The highest BCUT2D eigenvalue weighted by atomic mass is 30.2. The largest absolute Gasteiger partial charge is 0.120 e. The molecule has 0 amide bonds. The summed E-state index contributed by atoms with van der Waals surface area (Å²) in [5.74, 6) is 0. The summed E-state index contributed by atoms with van der Waals surface area (Å²) >= 11 is 0. The molecule has 1 heterocycles. The highest BCUT2D eigenvalue weighted by Gasteiger charge is 2.91. The molecule has 0 saturated carbocycles. The lowest BCUT2D eigenvalue weighted by Gasteiger charge is -2.56. The van der Waals surface area contributed by atoms with Gasteiger partial charge >= 0.3 is 0 Å². The van der Waals surface area contributed by atoms with Crippen LogP contribution in [0.2, 0.25) is 13.1 Å². The van der Waals surface area contributed by atoms with Crippen LogP contribution in [-0.4, -0.2) is 35.5 Å². The molecule has 0 bridgehead atoms. The molecule has 55 heavy (non-hydrogen) atoms. The van der Waals surface area contributed by atoms with E-state index in [-0.39, 0.29) is 0 Å². The van der Waals surface area contributed by atoms with Crippen LogP contribution >= 0.6 is 0 Å². The Bertz CT molecular complexity index is 2140. The Morgan fingerprint density at radius 3 is 0.455 bits per heavy atom. The molecular weight excluding hydrogens is 741 g/mol. The van der Waals surface area contributed by atoms with Crippen LogP contribution in [0.5, 0.6) is 0 Å². The monoisotopic (exact) mass is 786 g/mol. The SMILES string of the molecule is C[Si]1(C)[Si](c2ccccc2)(c2ccccc2)[Si](c2ccccc2)(c2ccccc2)[Si](c2ccccc2)(c2ccccc2)[Si]1(c1ccccc1)c1ccccc1. The smallest absolute Gasteiger partial charge is 0.0723 e. The first-order valence-corrected chi connectivity index (χ1v) is 35.5. The minimum absolute atomic E-state index is 1.60. The van der Waals surface area contributed by atoms with Gasteiger partial charge in [-0.2, -0.15) is 0 Å². The maximum Gasteiger partial charge on any atom is 0.120 e. The fourth-order valence-corrected chi connectivity index (χ4v) is 201. The van der Waals surface area contributed by atoms with E-state index in [0.717, 1.165) is 0 Å². The second-order valence-corrected chi connectivity index (χ2v) is 62.4. The van der Waals surface area contributed by atoms with Crippen LogP contribution in [0.3, 0.4) is 0 Å². The van der Waals surface area contributed by atoms with Crippen molar-refractivity contribution in [1.82, 2.24) is 0 Å². The van der Waals surface area contributed by atoms with Gasteiger partial charge in [0.25, 0.3) is 0 Å². The molecule has 5 heteroatoms. The van der Waals surface area contributed by atoms with Crippen LogP contribution in [0.1, 0.15) is 0 Å². The fourth-order valence-electron chi connectivity index (χ4n) is 12.0. The van der Waals surface area contributed by atoms with Crippen molar-refractivity contribution in [2.24, 2.45) is 0 Å². The molecule has 0 aromatic heterocycles. The molecule has 0 nitrogen and oxygen atoms in total. The van der Waals surface area contributed by atoms with E-state index in [2.05, 4.69) is 256 Å². The van der Waals surface area contributed by atoms with Gasteiger partial charge in [-0.15, -0.1) is 0 Å². The van der Waals surface area contributed by atoms with Crippen molar-refractivity contribution >= 4 is 77.0 Å². The highest BCUT2D eigenvalue weighted by molar-refractivity contribution is 8.25. The van der Waals surface area contributed by atoms with Crippen LogP contribution < -0.4 is 41.5 Å². The molecule has 8 aromatic rings. The lowest BCUT2D eigenvalue weighted by atomic mass is 10.4. The first-order chi connectivity index (χ1) is 27.1. The molecule has 0 unspecified atom stereocenters. The van der Waals surface area contributed by atoms with E-state index >= 15 is 0 Å². The van der Waals surface area contributed by atoms with E-state index in [1.807, 2.05) is 0 Å².